The zero-order valence-electron chi connectivity index (χ0n) is 5.99. The van der Waals surface area contributed by atoms with Crippen LogP contribution < -0.4 is 0 Å². The van der Waals surface area contributed by atoms with Crippen molar-refractivity contribution in [2.24, 2.45) is 5.92 Å². The molecule has 1 aliphatic heterocycles. The maximum atomic E-state index is 9.17. The lowest BCUT2D eigenvalue weighted by molar-refractivity contribution is -0.134. The first kappa shape index (κ1) is 7.98. The van der Waals surface area contributed by atoms with Crippen LogP contribution in [-0.2, 0) is 4.74 Å². The van der Waals surface area contributed by atoms with Crippen LogP contribution in [0.2, 0.25) is 0 Å². The lowest BCUT2D eigenvalue weighted by Crippen LogP contribution is -2.24. The summed E-state index contributed by atoms with van der Waals surface area (Å²) in [6.45, 7) is 0.652. The molecule has 2 N–H and O–H groups in total. The zero-order chi connectivity index (χ0) is 7.40. The molecule has 2 unspecified atom stereocenters. The van der Waals surface area contributed by atoms with Crippen LogP contribution in [0, 0.1) is 5.92 Å². The fourth-order valence-corrected chi connectivity index (χ4v) is 1.17. The minimum Gasteiger partial charge on any atom is -0.396 e. The average molecular weight is 146 g/mol. The van der Waals surface area contributed by atoms with Crippen LogP contribution in [0.5, 0.6) is 0 Å². The van der Waals surface area contributed by atoms with E-state index in [4.69, 9.17) is 14.9 Å². The highest BCUT2D eigenvalue weighted by Crippen LogP contribution is 2.17. The summed E-state index contributed by atoms with van der Waals surface area (Å²) in [6.07, 6.45) is 2.17. The number of aliphatic hydroxyl groups excluding tert-OH is 2. The molecule has 0 saturated carbocycles. The van der Waals surface area contributed by atoms with E-state index in [0.29, 0.717) is 6.61 Å². The van der Waals surface area contributed by atoms with Crippen molar-refractivity contribution in [3.8, 4) is 0 Å². The lowest BCUT2D eigenvalue weighted by Gasteiger charge is -2.16. The smallest absolute Gasteiger partial charge is 0.159 e. The Morgan fingerprint density at radius 2 is 2.20 bits per heavy atom. The molecule has 2 atom stereocenters. The van der Waals surface area contributed by atoms with Gasteiger partial charge >= 0.3 is 0 Å². The molecule has 1 aliphatic rings. The van der Waals surface area contributed by atoms with Gasteiger partial charge in [-0.3, -0.25) is 0 Å². The van der Waals surface area contributed by atoms with Crippen LogP contribution in [0.15, 0.2) is 0 Å². The standard InChI is InChI=1S/C7H14O3/c8-5-6-3-1-2-4-10-7(6)9/h6-9H,1-5H2. The third-order valence-electron chi connectivity index (χ3n) is 1.90. The first-order chi connectivity index (χ1) is 4.84. The zero-order valence-corrected chi connectivity index (χ0v) is 5.99. The van der Waals surface area contributed by atoms with Crippen molar-refractivity contribution in [1.82, 2.24) is 0 Å². The molecular formula is C7H14O3. The molecule has 1 rings (SSSR count). The van der Waals surface area contributed by atoms with Gasteiger partial charge in [-0.15, -0.1) is 0 Å². The van der Waals surface area contributed by atoms with Gasteiger partial charge in [-0.25, -0.2) is 0 Å². The van der Waals surface area contributed by atoms with Gasteiger partial charge in [0, 0.05) is 12.5 Å². The highest BCUT2D eigenvalue weighted by Gasteiger charge is 2.20. The first-order valence-corrected chi connectivity index (χ1v) is 3.75. The molecule has 0 radical (unpaired) electrons. The van der Waals surface area contributed by atoms with Gasteiger partial charge in [0.25, 0.3) is 0 Å². The number of hydrogen-bond acceptors (Lipinski definition) is 3. The van der Waals surface area contributed by atoms with Crippen molar-refractivity contribution in [3.05, 3.63) is 0 Å². The second-order valence-electron chi connectivity index (χ2n) is 2.70. The molecule has 1 saturated heterocycles. The minimum atomic E-state index is -0.743. The molecule has 0 amide bonds. The predicted octanol–water partition coefficient (Wildman–Crippen LogP) is 0.114. The van der Waals surface area contributed by atoms with E-state index in [1.807, 2.05) is 0 Å². The lowest BCUT2D eigenvalue weighted by atomic mass is 10.0. The van der Waals surface area contributed by atoms with Gasteiger partial charge in [0.1, 0.15) is 0 Å². The van der Waals surface area contributed by atoms with Crippen LogP contribution >= 0.6 is 0 Å². The Kier molecular flexibility index (Phi) is 3.12. The Bertz CT molecular complexity index is 94.9. The van der Waals surface area contributed by atoms with Gasteiger partial charge in [-0.1, -0.05) is 6.42 Å². The van der Waals surface area contributed by atoms with E-state index in [1.165, 1.54) is 0 Å². The van der Waals surface area contributed by atoms with Gasteiger partial charge in [-0.05, 0) is 12.8 Å². The minimum absolute atomic E-state index is 0.0289. The summed E-state index contributed by atoms with van der Waals surface area (Å²) >= 11 is 0. The summed E-state index contributed by atoms with van der Waals surface area (Å²) in [5.41, 5.74) is 0. The molecular weight excluding hydrogens is 132 g/mol. The summed E-state index contributed by atoms with van der Waals surface area (Å²) < 4.78 is 5.00. The van der Waals surface area contributed by atoms with Gasteiger partial charge in [0.05, 0.1) is 6.61 Å². The topological polar surface area (TPSA) is 49.7 Å². The molecule has 3 nitrogen and oxygen atoms in total. The fraction of sp³-hybridized carbons (Fsp3) is 1.00. The van der Waals surface area contributed by atoms with E-state index in [0.717, 1.165) is 19.3 Å². The van der Waals surface area contributed by atoms with Crippen LogP contribution in [0.1, 0.15) is 19.3 Å². The Labute approximate surface area is 60.6 Å². The van der Waals surface area contributed by atoms with E-state index in [9.17, 15) is 0 Å². The fourth-order valence-electron chi connectivity index (χ4n) is 1.17. The molecule has 0 aromatic heterocycles. The summed E-state index contributed by atoms with van der Waals surface area (Å²) in [5.74, 6) is -0.0671. The summed E-state index contributed by atoms with van der Waals surface area (Å²) in [6, 6.07) is 0. The summed E-state index contributed by atoms with van der Waals surface area (Å²) in [4.78, 5) is 0. The maximum absolute atomic E-state index is 9.17. The van der Waals surface area contributed by atoms with Crippen LogP contribution in [0.4, 0.5) is 0 Å². The monoisotopic (exact) mass is 146 g/mol. The molecule has 0 aromatic rings. The third-order valence-corrected chi connectivity index (χ3v) is 1.90. The van der Waals surface area contributed by atoms with Crippen LogP contribution in [0.3, 0.4) is 0 Å². The number of aliphatic hydroxyl groups is 2. The third kappa shape index (κ3) is 1.94. The van der Waals surface area contributed by atoms with Crippen molar-refractivity contribution in [2.45, 2.75) is 25.6 Å². The predicted molar refractivity (Wildman–Crippen MR) is 36.4 cm³/mol. The molecule has 1 heterocycles. The highest BCUT2D eigenvalue weighted by atomic mass is 16.6. The number of hydrogen-bond donors (Lipinski definition) is 2. The van der Waals surface area contributed by atoms with Gasteiger partial charge in [0.15, 0.2) is 6.29 Å². The van der Waals surface area contributed by atoms with Crippen LogP contribution in [-0.4, -0.2) is 29.7 Å². The van der Waals surface area contributed by atoms with Crippen molar-refractivity contribution in [1.29, 1.82) is 0 Å². The molecule has 0 aromatic carbocycles. The van der Waals surface area contributed by atoms with Crippen molar-refractivity contribution in [3.63, 3.8) is 0 Å². The van der Waals surface area contributed by atoms with Crippen molar-refractivity contribution >= 4 is 0 Å². The quantitative estimate of drug-likeness (QED) is 0.552. The van der Waals surface area contributed by atoms with E-state index in [2.05, 4.69) is 0 Å². The molecule has 3 heteroatoms. The Morgan fingerprint density at radius 3 is 2.90 bits per heavy atom. The normalized spacial score (nSPS) is 35.4. The number of rotatable bonds is 1. The van der Waals surface area contributed by atoms with E-state index in [1.54, 1.807) is 0 Å². The molecule has 60 valence electrons. The van der Waals surface area contributed by atoms with Gasteiger partial charge < -0.3 is 14.9 Å². The number of ether oxygens (including phenoxy) is 1. The first-order valence-electron chi connectivity index (χ1n) is 3.75. The highest BCUT2D eigenvalue weighted by molar-refractivity contribution is 4.63. The van der Waals surface area contributed by atoms with E-state index in [-0.39, 0.29) is 12.5 Å². The second kappa shape index (κ2) is 3.91. The molecule has 0 aliphatic carbocycles. The van der Waals surface area contributed by atoms with E-state index >= 15 is 0 Å². The molecule has 0 bridgehead atoms. The summed E-state index contributed by atoms with van der Waals surface area (Å²) in [5, 5.41) is 17.9. The second-order valence-corrected chi connectivity index (χ2v) is 2.70. The average Bonchev–Trinajstić information content (AvgIpc) is 2.13. The Balaban J connectivity index is 2.35. The van der Waals surface area contributed by atoms with Gasteiger partial charge in [-0.2, -0.15) is 0 Å². The van der Waals surface area contributed by atoms with E-state index < -0.39 is 6.29 Å². The van der Waals surface area contributed by atoms with Gasteiger partial charge in [0.2, 0.25) is 0 Å². The largest absolute Gasteiger partial charge is 0.396 e. The molecule has 1 fully saturated rings. The molecule has 10 heavy (non-hydrogen) atoms. The van der Waals surface area contributed by atoms with Crippen molar-refractivity contribution in [2.75, 3.05) is 13.2 Å². The molecule has 0 spiro atoms. The van der Waals surface area contributed by atoms with Crippen LogP contribution in [0.25, 0.3) is 0 Å². The maximum Gasteiger partial charge on any atom is 0.159 e. The SMILES string of the molecule is OCC1CCCCOC1O. The Morgan fingerprint density at radius 1 is 1.40 bits per heavy atom. The van der Waals surface area contributed by atoms with Crippen molar-refractivity contribution < 1.29 is 14.9 Å². The summed E-state index contributed by atoms with van der Waals surface area (Å²) in [7, 11) is 0. The Hall–Kier alpha value is -0.120.